The van der Waals surface area contributed by atoms with Crippen LogP contribution in [0.15, 0.2) is 23.8 Å². The van der Waals surface area contributed by atoms with Crippen molar-refractivity contribution in [3.63, 3.8) is 0 Å². The summed E-state index contributed by atoms with van der Waals surface area (Å²) in [4.78, 5) is 0. The fourth-order valence-electron chi connectivity index (χ4n) is 1.92. The lowest BCUT2D eigenvalue weighted by Gasteiger charge is -2.04. The van der Waals surface area contributed by atoms with Crippen LogP contribution in [-0.4, -0.2) is 13.1 Å². The van der Waals surface area contributed by atoms with Gasteiger partial charge in [-0.05, 0) is 50.0 Å². The van der Waals surface area contributed by atoms with Crippen LogP contribution >= 0.6 is 23.2 Å². The molecule has 0 radical (unpaired) electrons. The van der Waals surface area contributed by atoms with Gasteiger partial charge in [0.2, 0.25) is 0 Å². The zero-order valence-corrected chi connectivity index (χ0v) is 10.6. The maximum absolute atomic E-state index is 6.14. The summed E-state index contributed by atoms with van der Waals surface area (Å²) in [6, 6.07) is 5.66. The molecule has 0 bridgehead atoms. The van der Waals surface area contributed by atoms with Crippen molar-refractivity contribution >= 4 is 29.3 Å². The van der Waals surface area contributed by atoms with Gasteiger partial charge < -0.3 is 5.32 Å². The molecule has 1 fully saturated rings. The van der Waals surface area contributed by atoms with Gasteiger partial charge in [-0.1, -0.05) is 40.9 Å². The Hall–Kier alpha value is -0.500. The Bertz CT molecular complexity index is 389. The third-order valence-corrected chi connectivity index (χ3v) is 3.36. The molecule has 0 aromatic heterocycles. The summed E-state index contributed by atoms with van der Waals surface area (Å²) in [5, 5.41) is 4.81. The lowest BCUT2D eigenvalue weighted by molar-refractivity contribution is 0.703. The molecule has 1 aliphatic heterocycles. The van der Waals surface area contributed by atoms with Gasteiger partial charge in [0.1, 0.15) is 0 Å². The van der Waals surface area contributed by atoms with Crippen molar-refractivity contribution in [3.8, 4) is 0 Å². The quantitative estimate of drug-likeness (QED) is 0.795. The van der Waals surface area contributed by atoms with Crippen LogP contribution in [0.25, 0.3) is 6.08 Å². The molecule has 1 aromatic rings. The number of halogens is 2. The Morgan fingerprint density at radius 1 is 1.12 bits per heavy atom. The zero-order chi connectivity index (χ0) is 11.4. The minimum Gasteiger partial charge on any atom is -0.316 e. The molecule has 0 amide bonds. The largest absolute Gasteiger partial charge is 0.316 e. The van der Waals surface area contributed by atoms with E-state index in [2.05, 4.69) is 11.4 Å². The summed E-state index contributed by atoms with van der Waals surface area (Å²) in [7, 11) is 0. The molecule has 1 aromatic carbocycles. The summed E-state index contributed by atoms with van der Waals surface area (Å²) < 4.78 is 0. The first-order valence-electron chi connectivity index (χ1n) is 5.61. The van der Waals surface area contributed by atoms with Crippen LogP contribution < -0.4 is 5.32 Å². The second-order valence-corrected chi connectivity index (χ2v) is 4.92. The summed E-state index contributed by atoms with van der Waals surface area (Å²) in [5.41, 5.74) is 2.54. The second kappa shape index (κ2) is 5.72. The van der Waals surface area contributed by atoms with E-state index in [-0.39, 0.29) is 0 Å². The van der Waals surface area contributed by atoms with E-state index in [4.69, 9.17) is 23.2 Å². The molecule has 1 N–H and O–H groups in total. The van der Waals surface area contributed by atoms with Crippen LogP contribution in [0, 0.1) is 0 Å². The molecule has 0 saturated carbocycles. The monoisotopic (exact) mass is 255 g/mol. The van der Waals surface area contributed by atoms with Crippen LogP contribution in [0.1, 0.15) is 24.8 Å². The van der Waals surface area contributed by atoms with Crippen molar-refractivity contribution in [2.75, 3.05) is 13.1 Å². The summed E-state index contributed by atoms with van der Waals surface area (Å²) >= 11 is 12.0. The van der Waals surface area contributed by atoms with E-state index in [1.54, 1.807) is 6.07 Å². The van der Waals surface area contributed by atoms with Gasteiger partial charge in [-0.25, -0.2) is 0 Å². The van der Waals surface area contributed by atoms with E-state index in [9.17, 15) is 0 Å². The van der Waals surface area contributed by atoms with Gasteiger partial charge in [-0.2, -0.15) is 0 Å². The molecule has 3 heteroatoms. The van der Waals surface area contributed by atoms with Crippen molar-refractivity contribution in [2.45, 2.75) is 19.3 Å². The lowest BCUT2D eigenvalue weighted by Crippen LogP contribution is -2.13. The molecule has 2 rings (SSSR count). The molecule has 86 valence electrons. The van der Waals surface area contributed by atoms with Crippen LogP contribution in [-0.2, 0) is 0 Å². The van der Waals surface area contributed by atoms with E-state index in [0.717, 1.165) is 36.5 Å². The highest BCUT2D eigenvalue weighted by Gasteiger charge is 2.05. The normalized spacial score (nSPS) is 19.8. The van der Waals surface area contributed by atoms with Crippen molar-refractivity contribution < 1.29 is 0 Å². The standard InChI is InChI=1S/C13H15Cl2N/c14-12-4-3-11(13(15)9-12)8-10-2-1-6-16-7-5-10/h3-4,8-9,16H,1-2,5-7H2/b10-8-. The van der Waals surface area contributed by atoms with Crippen molar-refractivity contribution in [1.82, 2.24) is 5.32 Å². The second-order valence-electron chi connectivity index (χ2n) is 4.07. The lowest BCUT2D eigenvalue weighted by atomic mass is 10.0. The SMILES string of the molecule is Clc1ccc(/C=C2/CCCNCC2)c(Cl)c1. The smallest absolute Gasteiger partial charge is 0.0493 e. The number of rotatable bonds is 1. The maximum Gasteiger partial charge on any atom is 0.0493 e. The number of hydrogen-bond acceptors (Lipinski definition) is 1. The maximum atomic E-state index is 6.14. The van der Waals surface area contributed by atoms with Crippen molar-refractivity contribution in [3.05, 3.63) is 39.4 Å². The molecule has 0 atom stereocenters. The molecule has 0 aliphatic carbocycles. The predicted octanol–water partition coefficient (Wildman–Crippen LogP) is 4.15. The summed E-state index contributed by atoms with van der Waals surface area (Å²) in [6.45, 7) is 2.18. The first-order chi connectivity index (χ1) is 7.75. The number of benzene rings is 1. The van der Waals surface area contributed by atoms with Crippen molar-refractivity contribution in [2.24, 2.45) is 0 Å². The summed E-state index contributed by atoms with van der Waals surface area (Å²) in [6.07, 6.45) is 5.67. The molecule has 1 nitrogen and oxygen atoms in total. The highest BCUT2D eigenvalue weighted by Crippen LogP contribution is 2.25. The molecule has 0 spiro atoms. The minimum atomic E-state index is 0.690. The van der Waals surface area contributed by atoms with E-state index in [1.807, 2.05) is 12.1 Å². The third-order valence-electron chi connectivity index (χ3n) is 2.80. The van der Waals surface area contributed by atoms with Crippen LogP contribution in [0.3, 0.4) is 0 Å². The Morgan fingerprint density at radius 2 is 2.00 bits per heavy atom. The fraction of sp³-hybridized carbons (Fsp3) is 0.385. The van der Waals surface area contributed by atoms with Gasteiger partial charge in [0.25, 0.3) is 0 Å². The first-order valence-corrected chi connectivity index (χ1v) is 6.36. The van der Waals surface area contributed by atoms with E-state index in [0.29, 0.717) is 5.02 Å². The number of nitrogens with one attached hydrogen (secondary N) is 1. The topological polar surface area (TPSA) is 12.0 Å². The zero-order valence-electron chi connectivity index (χ0n) is 9.10. The minimum absolute atomic E-state index is 0.690. The van der Waals surface area contributed by atoms with Crippen LogP contribution in [0.2, 0.25) is 10.0 Å². The Balaban J connectivity index is 2.20. The first kappa shape index (κ1) is 12.0. The van der Waals surface area contributed by atoms with Gasteiger partial charge in [0.05, 0.1) is 0 Å². The molecule has 1 saturated heterocycles. The summed E-state index contributed by atoms with van der Waals surface area (Å²) in [5.74, 6) is 0. The van der Waals surface area contributed by atoms with Crippen molar-refractivity contribution in [1.29, 1.82) is 0 Å². The van der Waals surface area contributed by atoms with Crippen LogP contribution in [0.4, 0.5) is 0 Å². The van der Waals surface area contributed by atoms with E-state index >= 15 is 0 Å². The van der Waals surface area contributed by atoms with Gasteiger partial charge >= 0.3 is 0 Å². The van der Waals surface area contributed by atoms with E-state index in [1.165, 1.54) is 12.0 Å². The van der Waals surface area contributed by atoms with Gasteiger partial charge in [0.15, 0.2) is 0 Å². The fourth-order valence-corrected chi connectivity index (χ4v) is 2.39. The van der Waals surface area contributed by atoms with Crippen LogP contribution in [0.5, 0.6) is 0 Å². The van der Waals surface area contributed by atoms with Gasteiger partial charge in [-0.3, -0.25) is 0 Å². The molecule has 1 aliphatic rings. The molecule has 0 unspecified atom stereocenters. The molecule has 16 heavy (non-hydrogen) atoms. The molecule has 1 heterocycles. The highest BCUT2D eigenvalue weighted by molar-refractivity contribution is 6.35. The van der Waals surface area contributed by atoms with Gasteiger partial charge in [0, 0.05) is 10.0 Å². The predicted molar refractivity (Wildman–Crippen MR) is 71.2 cm³/mol. The average molecular weight is 256 g/mol. The number of hydrogen-bond donors (Lipinski definition) is 1. The van der Waals surface area contributed by atoms with E-state index < -0.39 is 0 Å². The Labute approximate surface area is 106 Å². The highest BCUT2D eigenvalue weighted by atomic mass is 35.5. The molecular weight excluding hydrogens is 241 g/mol. The average Bonchev–Trinajstić information content (AvgIpc) is 2.51. The Kier molecular flexibility index (Phi) is 4.28. The Morgan fingerprint density at radius 3 is 2.81 bits per heavy atom. The van der Waals surface area contributed by atoms with Gasteiger partial charge in [-0.15, -0.1) is 0 Å². The molecular formula is C13H15Cl2N. The third kappa shape index (κ3) is 3.24.